The lowest BCUT2D eigenvalue weighted by Crippen LogP contribution is -2.11. The molecule has 0 saturated heterocycles. The van der Waals surface area contributed by atoms with Crippen molar-refractivity contribution in [2.45, 2.75) is 19.3 Å². The number of nitrogens with zero attached hydrogens (tertiary/aromatic N) is 5. The third kappa shape index (κ3) is 3.10. The van der Waals surface area contributed by atoms with Gasteiger partial charge >= 0.3 is 0 Å². The van der Waals surface area contributed by atoms with Crippen LogP contribution in [0.1, 0.15) is 19.3 Å². The summed E-state index contributed by atoms with van der Waals surface area (Å²) >= 11 is 0. The molecule has 0 aliphatic rings. The fraction of sp³-hybridized carbons (Fsp3) is 0.444. The third-order valence-corrected chi connectivity index (χ3v) is 2.23. The molecule has 2 aromatic heterocycles. The van der Waals surface area contributed by atoms with Crippen LogP contribution < -0.4 is 11.1 Å². The van der Waals surface area contributed by atoms with E-state index in [-0.39, 0.29) is 5.91 Å². The van der Waals surface area contributed by atoms with E-state index in [0.29, 0.717) is 17.9 Å². The van der Waals surface area contributed by atoms with Gasteiger partial charge in [-0.3, -0.25) is 4.79 Å². The molecule has 0 radical (unpaired) electrons. The standard InChI is InChI=1S/C9H13N7O/c10-7(17)3-1-2-6-11-8-4-5-9-12-14-15-16(9)13-8/h4-5H,1-3,6H2,(H2,10,17)(H,11,13). The lowest BCUT2D eigenvalue weighted by molar-refractivity contribution is -0.118. The molecule has 0 atom stereocenters. The number of anilines is 1. The van der Waals surface area contributed by atoms with Gasteiger partial charge in [0.15, 0.2) is 5.65 Å². The second-order valence-electron chi connectivity index (χ2n) is 3.60. The molecule has 0 aliphatic heterocycles. The van der Waals surface area contributed by atoms with Crippen molar-refractivity contribution in [1.82, 2.24) is 25.3 Å². The first kappa shape index (κ1) is 11.2. The summed E-state index contributed by atoms with van der Waals surface area (Å²) in [7, 11) is 0. The predicted molar refractivity (Wildman–Crippen MR) is 60.1 cm³/mol. The fourth-order valence-corrected chi connectivity index (χ4v) is 1.38. The van der Waals surface area contributed by atoms with Crippen molar-refractivity contribution in [2.75, 3.05) is 11.9 Å². The number of unbranched alkanes of at least 4 members (excludes halogenated alkanes) is 1. The molecule has 90 valence electrons. The van der Waals surface area contributed by atoms with E-state index in [2.05, 4.69) is 25.9 Å². The maximum atomic E-state index is 10.5. The van der Waals surface area contributed by atoms with Gasteiger partial charge in [0.1, 0.15) is 5.82 Å². The van der Waals surface area contributed by atoms with Gasteiger partial charge in [-0.1, -0.05) is 0 Å². The minimum absolute atomic E-state index is 0.266. The van der Waals surface area contributed by atoms with Crippen LogP contribution in [0, 0.1) is 0 Å². The molecule has 0 spiro atoms. The Hall–Kier alpha value is -2.25. The first-order valence-electron chi connectivity index (χ1n) is 5.33. The molecule has 17 heavy (non-hydrogen) atoms. The van der Waals surface area contributed by atoms with Crippen molar-refractivity contribution in [3.05, 3.63) is 12.1 Å². The highest BCUT2D eigenvalue weighted by atomic mass is 16.1. The molecule has 0 aromatic carbocycles. The predicted octanol–water partition coefficient (Wildman–Crippen LogP) is -0.413. The normalized spacial score (nSPS) is 10.6. The molecule has 0 unspecified atom stereocenters. The summed E-state index contributed by atoms with van der Waals surface area (Å²) in [5.41, 5.74) is 5.64. The number of primary amides is 1. The minimum Gasteiger partial charge on any atom is -0.370 e. The Labute approximate surface area is 97.2 Å². The lowest BCUT2D eigenvalue weighted by atomic mass is 10.2. The van der Waals surface area contributed by atoms with E-state index in [1.54, 1.807) is 12.1 Å². The van der Waals surface area contributed by atoms with Gasteiger partial charge in [-0.25, -0.2) is 0 Å². The summed E-state index contributed by atoms with van der Waals surface area (Å²) in [5, 5.41) is 18.2. The van der Waals surface area contributed by atoms with Crippen molar-refractivity contribution in [2.24, 2.45) is 5.73 Å². The largest absolute Gasteiger partial charge is 0.370 e. The molecule has 0 fully saturated rings. The first-order chi connectivity index (χ1) is 8.25. The molecule has 0 aliphatic carbocycles. The van der Waals surface area contributed by atoms with Crippen LogP contribution in [0.4, 0.5) is 5.82 Å². The molecular formula is C9H13N7O. The highest BCUT2D eigenvalue weighted by Crippen LogP contribution is 2.03. The summed E-state index contributed by atoms with van der Waals surface area (Å²) in [6.45, 7) is 0.730. The maximum Gasteiger partial charge on any atom is 0.217 e. The van der Waals surface area contributed by atoms with Crippen molar-refractivity contribution in [3.8, 4) is 0 Å². The second-order valence-corrected chi connectivity index (χ2v) is 3.60. The van der Waals surface area contributed by atoms with Gasteiger partial charge in [-0.05, 0) is 35.4 Å². The highest BCUT2D eigenvalue weighted by Gasteiger charge is 2.00. The topological polar surface area (TPSA) is 111 Å². The summed E-state index contributed by atoms with van der Waals surface area (Å²) in [5.74, 6) is 0.433. The minimum atomic E-state index is -0.266. The molecular weight excluding hydrogens is 222 g/mol. The number of carbonyl (C=O) groups excluding carboxylic acids is 1. The van der Waals surface area contributed by atoms with E-state index in [1.807, 2.05) is 0 Å². The number of aromatic nitrogens is 5. The van der Waals surface area contributed by atoms with Crippen LogP contribution >= 0.6 is 0 Å². The number of fused-ring (bicyclic) bond motifs is 1. The van der Waals surface area contributed by atoms with Crippen molar-refractivity contribution < 1.29 is 4.79 Å². The number of tetrazole rings is 1. The Bertz CT molecular complexity index is 509. The quantitative estimate of drug-likeness (QED) is 0.658. The van der Waals surface area contributed by atoms with E-state index in [1.165, 1.54) is 4.63 Å². The van der Waals surface area contributed by atoms with E-state index < -0.39 is 0 Å². The van der Waals surface area contributed by atoms with Crippen molar-refractivity contribution in [3.63, 3.8) is 0 Å². The SMILES string of the molecule is NC(=O)CCCCNc1ccc2nnnn2n1. The summed E-state index contributed by atoms with van der Waals surface area (Å²) < 4.78 is 1.35. The van der Waals surface area contributed by atoms with Crippen molar-refractivity contribution in [1.29, 1.82) is 0 Å². The van der Waals surface area contributed by atoms with Gasteiger partial charge in [0.2, 0.25) is 5.91 Å². The van der Waals surface area contributed by atoms with Gasteiger partial charge in [0, 0.05) is 13.0 Å². The Morgan fingerprint density at radius 2 is 2.29 bits per heavy atom. The van der Waals surface area contributed by atoms with Crippen LogP contribution in [0.5, 0.6) is 0 Å². The third-order valence-electron chi connectivity index (χ3n) is 2.23. The lowest BCUT2D eigenvalue weighted by Gasteiger charge is -2.03. The van der Waals surface area contributed by atoms with Crippen LogP contribution in [0.15, 0.2) is 12.1 Å². The molecule has 8 nitrogen and oxygen atoms in total. The van der Waals surface area contributed by atoms with Gasteiger partial charge in [-0.15, -0.1) is 14.8 Å². The van der Waals surface area contributed by atoms with Gasteiger partial charge in [0.25, 0.3) is 0 Å². The number of hydrogen-bond donors (Lipinski definition) is 2. The Morgan fingerprint density at radius 3 is 3.12 bits per heavy atom. The molecule has 3 N–H and O–H groups in total. The molecule has 0 saturated carbocycles. The zero-order chi connectivity index (χ0) is 12.1. The number of carbonyl (C=O) groups is 1. The molecule has 0 bridgehead atoms. The average molecular weight is 235 g/mol. The van der Waals surface area contributed by atoms with Crippen LogP contribution in [0.25, 0.3) is 5.65 Å². The van der Waals surface area contributed by atoms with Crippen LogP contribution in [-0.4, -0.2) is 37.7 Å². The second kappa shape index (κ2) is 5.19. The molecule has 2 aromatic rings. The van der Waals surface area contributed by atoms with E-state index in [0.717, 1.165) is 19.4 Å². The number of rotatable bonds is 6. The van der Waals surface area contributed by atoms with E-state index in [9.17, 15) is 4.79 Å². The summed E-state index contributed by atoms with van der Waals surface area (Å²) in [4.78, 5) is 10.5. The van der Waals surface area contributed by atoms with Crippen LogP contribution in [0.3, 0.4) is 0 Å². The Morgan fingerprint density at radius 1 is 1.41 bits per heavy atom. The number of nitrogens with one attached hydrogen (secondary N) is 1. The zero-order valence-corrected chi connectivity index (χ0v) is 9.20. The molecule has 2 heterocycles. The van der Waals surface area contributed by atoms with Crippen molar-refractivity contribution >= 4 is 17.4 Å². The highest BCUT2D eigenvalue weighted by molar-refractivity contribution is 5.73. The Kier molecular flexibility index (Phi) is 3.43. The van der Waals surface area contributed by atoms with Gasteiger partial charge < -0.3 is 11.1 Å². The van der Waals surface area contributed by atoms with E-state index >= 15 is 0 Å². The number of amides is 1. The first-order valence-corrected chi connectivity index (χ1v) is 5.33. The fourth-order valence-electron chi connectivity index (χ4n) is 1.38. The summed E-state index contributed by atoms with van der Waals surface area (Å²) in [6, 6.07) is 3.58. The number of nitrogens with two attached hydrogens (primary N) is 1. The molecule has 8 heteroatoms. The van der Waals surface area contributed by atoms with E-state index in [4.69, 9.17) is 5.73 Å². The zero-order valence-electron chi connectivity index (χ0n) is 9.20. The van der Waals surface area contributed by atoms with Gasteiger partial charge in [0.05, 0.1) is 0 Å². The Balaban J connectivity index is 1.80. The molecule has 2 rings (SSSR count). The average Bonchev–Trinajstić information content (AvgIpc) is 2.75. The summed E-state index contributed by atoms with van der Waals surface area (Å²) in [6.07, 6.45) is 2.05. The smallest absolute Gasteiger partial charge is 0.217 e. The molecule has 1 amide bonds. The van der Waals surface area contributed by atoms with Crippen LogP contribution in [-0.2, 0) is 4.79 Å². The maximum absolute atomic E-state index is 10.5. The van der Waals surface area contributed by atoms with Crippen LogP contribution in [0.2, 0.25) is 0 Å². The number of hydrogen-bond acceptors (Lipinski definition) is 6. The van der Waals surface area contributed by atoms with Gasteiger partial charge in [-0.2, -0.15) is 0 Å². The monoisotopic (exact) mass is 235 g/mol.